The quantitative estimate of drug-likeness (QED) is 0.573. The molecule has 0 aromatic heterocycles. The Morgan fingerprint density at radius 1 is 1.25 bits per heavy atom. The van der Waals surface area contributed by atoms with Gasteiger partial charge in [0.15, 0.2) is 5.41 Å². The van der Waals surface area contributed by atoms with Crippen LogP contribution in [0.25, 0.3) is 0 Å². The van der Waals surface area contributed by atoms with Gasteiger partial charge in [-0.25, -0.2) is 0 Å². The first-order valence-corrected chi connectivity index (χ1v) is 3.40. The Hall–Kier alpha value is -1.39. The largest absolute Gasteiger partial charge is 0.480 e. The lowest BCUT2D eigenvalue weighted by atomic mass is 10.0. The number of carbonyl (C=O) groups excluding carboxylic acids is 1. The highest BCUT2D eigenvalue weighted by Gasteiger charge is 2.68. The summed E-state index contributed by atoms with van der Waals surface area (Å²) in [5.74, 6) is -4.06. The van der Waals surface area contributed by atoms with E-state index in [0.29, 0.717) is 0 Å². The van der Waals surface area contributed by atoms with Crippen molar-refractivity contribution in [3.8, 4) is 0 Å². The third kappa shape index (κ3) is 0.895. The number of aliphatic carboxylic acids is 2. The Bertz CT molecular complexity index is 253. The van der Waals surface area contributed by atoms with Crippen LogP contribution in [0.2, 0.25) is 0 Å². The van der Waals surface area contributed by atoms with E-state index >= 15 is 0 Å². The van der Waals surface area contributed by atoms with E-state index in [-0.39, 0.29) is 12.2 Å². The molecule has 0 saturated heterocycles. The fourth-order valence-corrected chi connectivity index (χ4v) is 1.32. The lowest BCUT2D eigenvalue weighted by molar-refractivity contribution is -0.158. The van der Waals surface area contributed by atoms with Crippen molar-refractivity contribution in [3.05, 3.63) is 0 Å². The Morgan fingerprint density at radius 3 is 1.75 bits per heavy atom. The maximum absolute atomic E-state index is 10.7. The van der Waals surface area contributed by atoms with Crippen molar-refractivity contribution in [2.24, 2.45) is 11.3 Å². The number of rotatable bonds is 3. The molecule has 0 aromatic rings. The summed E-state index contributed by atoms with van der Waals surface area (Å²) in [5.41, 5.74) is -1.83. The summed E-state index contributed by atoms with van der Waals surface area (Å²) in [6.07, 6.45) is -0.0764. The van der Waals surface area contributed by atoms with Crippen molar-refractivity contribution in [2.75, 3.05) is 0 Å². The number of ketones is 1. The molecule has 0 aliphatic heterocycles. The maximum atomic E-state index is 10.7. The van der Waals surface area contributed by atoms with Crippen LogP contribution in [0, 0.1) is 11.3 Å². The van der Waals surface area contributed by atoms with Gasteiger partial charge in [-0.05, 0) is 13.3 Å². The van der Waals surface area contributed by atoms with E-state index < -0.39 is 23.3 Å². The molecule has 2 N–H and O–H groups in total. The average Bonchev–Trinajstić information content (AvgIpc) is 2.60. The maximum Gasteiger partial charge on any atom is 0.321 e. The van der Waals surface area contributed by atoms with Crippen molar-refractivity contribution in [2.45, 2.75) is 13.3 Å². The van der Waals surface area contributed by atoms with E-state index in [2.05, 4.69) is 0 Å². The Kier molecular flexibility index (Phi) is 1.67. The van der Waals surface area contributed by atoms with Crippen LogP contribution in [0.15, 0.2) is 0 Å². The van der Waals surface area contributed by atoms with E-state index in [0.717, 1.165) is 0 Å². The number of carboxylic acid groups (broad SMARTS) is 2. The summed E-state index contributed by atoms with van der Waals surface area (Å²) in [5, 5.41) is 17.1. The van der Waals surface area contributed by atoms with Gasteiger partial charge in [-0.15, -0.1) is 0 Å². The van der Waals surface area contributed by atoms with Gasteiger partial charge in [0, 0.05) is 5.92 Å². The third-order valence-corrected chi connectivity index (χ3v) is 2.21. The Morgan fingerprint density at radius 2 is 1.67 bits per heavy atom. The number of carbonyl (C=O) groups is 3. The topological polar surface area (TPSA) is 91.7 Å². The second-order valence-corrected chi connectivity index (χ2v) is 2.95. The normalized spacial score (nSPS) is 24.6. The molecule has 5 nitrogen and oxygen atoms in total. The Labute approximate surface area is 68.0 Å². The second kappa shape index (κ2) is 2.30. The average molecular weight is 172 g/mol. The second-order valence-electron chi connectivity index (χ2n) is 2.95. The van der Waals surface area contributed by atoms with Gasteiger partial charge in [0.1, 0.15) is 5.78 Å². The summed E-state index contributed by atoms with van der Waals surface area (Å²) >= 11 is 0. The van der Waals surface area contributed by atoms with Crippen LogP contribution in [-0.2, 0) is 14.4 Å². The molecule has 1 aliphatic rings. The van der Waals surface area contributed by atoms with Crippen LogP contribution in [0.1, 0.15) is 13.3 Å². The van der Waals surface area contributed by atoms with Crippen LogP contribution in [0.3, 0.4) is 0 Å². The zero-order valence-corrected chi connectivity index (χ0v) is 6.40. The van der Waals surface area contributed by atoms with Gasteiger partial charge in [-0.2, -0.15) is 0 Å². The van der Waals surface area contributed by atoms with Crippen LogP contribution in [0.4, 0.5) is 0 Å². The molecule has 0 bridgehead atoms. The van der Waals surface area contributed by atoms with Gasteiger partial charge in [0.05, 0.1) is 0 Å². The summed E-state index contributed by atoms with van der Waals surface area (Å²) in [6, 6.07) is 0. The van der Waals surface area contributed by atoms with Gasteiger partial charge in [0.2, 0.25) is 0 Å². The standard InChI is InChI=1S/C7H8O5/c1-3(8)4-2-7(4,5(9)10)6(11)12/h4H,2H2,1H3,(H,9,10)(H,11,12). The van der Waals surface area contributed by atoms with Gasteiger partial charge in [-0.3, -0.25) is 14.4 Å². The minimum Gasteiger partial charge on any atom is -0.480 e. The molecule has 0 heterocycles. The van der Waals surface area contributed by atoms with E-state index in [4.69, 9.17) is 10.2 Å². The molecule has 0 spiro atoms. The highest BCUT2D eigenvalue weighted by molar-refractivity contribution is 6.08. The van der Waals surface area contributed by atoms with E-state index in [1.807, 2.05) is 0 Å². The Balaban J connectivity index is 2.90. The van der Waals surface area contributed by atoms with Crippen LogP contribution < -0.4 is 0 Å². The summed E-state index contributed by atoms with van der Waals surface area (Å²) in [7, 11) is 0. The first-order chi connectivity index (χ1) is 5.43. The van der Waals surface area contributed by atoms with Gasteiger partial charge in [-0.1, -0.05) is 0 Å². The molecule has 1 rings (SSSR count). The molecular formula is C7H8O5. The fourth-order valence-electron chi connectivity index (χ4n) is 1.32. The number of carboxylic acids is 2. The number of hydrogen-bond donors (Lipinski definition) is 2. The molecule has 1 unspecified atom stereocenters. The van der Waals surface area contributed by atoms with Crippen molar-refractivity contribution < 1.29 is 24.6 Å². The number of hydrogen-bond acceptors (Lipinski definition) is 3. The van der Waals surface area contributed by atoms with Crippen molar-refractivity contribution in [3.63, 3.8) is 0 Å². The number of Topliss-reactive ketones (excluding diaryl/α,β-unsaturated/α-hetero) is 1. The lowest BCUT2D eigenvalue weighted by Crippen LogP contribution is -2.29. The summed E-state index contributed by atoms with van der Waals surface area (Å²) in [4.78, 5) is 31.7. The van der Waals surface area contributed by atoms with Crippen LogP contribution in [-0.4, -0.2) is 27.9 Å². The fraction of sp³-hybridized carbons (Fsp3) is 0.571. The van der Waals surface area contributed by atoms with Crippen molar-refractivity contribution >= 4 is 17.7 Å². The molecular weight excluding hydrogens is 164 g/mol. The minimum absolute atomic E-state index is 0.0764. The monoisotopic (exact) mass is 172 g/mol. The van der Waals surface area contributed by atoms with Crippen LogP contribution >= 0.6 is 0 Å². The summed E-state index contributed by atoms with van der Waals surface area (Å²) < 4.78 is 0. The molecule has 0 radical (unpaired) electrons. The molecule has 12 heavy (non-hydrogen) atoms. The highest BCUT2D eigenvalue weighted by atomic mass is 16.4. The molecule has 1 aliphatic carbocycles. The van der Waals surface area contributed by atoms with E-state index in [1.54, 1.807) is 0 Å². The van der Waals surface area contributed by atoms with E-state index in [9.17, 15) is 14.4 Å². The van der Waals surface area contributed by atoms with Crippen LogP contribution in [0.5, 0.6) is 0 Å². The molecule has 66 valence electrons. The third-order valence-electron chi connectivity index (χ3n) is 2.21. The predicted octanol–water partition coefficient (Wildman–Crippen LogP) is -0.249. The first-order valence-electron chi connectivity index (χ1n) is 3.40. The molecule has 5 heteroatoms. The minimum atomic E-state index is -1.83. The predicted molar refractivity (Wildman–Crippen MR) is 36.5 cm³/mol. The molecule has 1 saturated carbocycles. The summed E-state index contributed by atoms with van der Waals surface area (Å²) in [6.45, 7) is 1.21. The first kappa shape index (κ1) is 8.70. The molecule has 0 aromatic carbocycles. The van der Waals surface area contributed by atoms with Crippen molar-refractivity contribution in [1.82, 2.24) is 0 Å². The van der Waals surface area contributed by atoms with Gasteiger partial charge < -0.3 is 10.2 Å². The SMILES string of the molecule is CC(=O)C1CC1(C(=O)O)C(=O)O. The van der Waals surface area contributed by atoms with Crippen molar-refractivity contribution in [1.29, 1.82) is 0 Å². The smallest absolute Gasteiger partial charge is 0.321 e. The van der Waals surface area contributed by atoms with Gasteiger partial charge >= 0.3 is 11.9 Å². The zero-order valence-electron chi connectivity index (χ0n) is 6.40. The molecule has 1 fully saturated rings. The highest BCUT2D eigenvalue weighted by Crippen LogP contribution is 2.53. The lowest BCUT2D eigenvalue weighted by Gasteiger charge is -2.03. The van der Waals surface area contributed by atoms with Gasteiger partial charge in [0.25, 0.3) is 0 Å². The zero-order chi connectivity index (χ0) is 9.52. The molecule has 0 amide bonds. The van der Waals surface area contributed by atoms with E-state index in [1.165, 1.54) is 6.92 Å². The molecule has 1 atom stereocenters.